The van der Waals surface area contributed by atoms with Crippen molar-refractivity contribution in [1.82, 2.24) is 0 Å². The zero-order valence-corrected chi connectivity index (χ0v) is 11.8. The van der Waals surface area contributed by atoms with Gasteiger partial charge in [0.2, 0.25) is 0 Å². The van der Waals surface area contributed by atoms with Crippen LogP contribution in [0.15, 0.2) is 24.3 Å². The molecule has 0 N–H and O–H groups in total. The summed E-state index contributed by atoms with van der Waals surface area (Å²) in [5, 5.41) is 0. The van der Waals surface area contributed by atoms with Crippen LogP contribution in [0.2, 0.25) is 0 Å². The Labute approximate surface area is 111 Å². The first-order valence-corrected chi connectivity index (χ1v) is 7.25. The van der Waals surface area contributed by atoms with Gasteiger partial charge in [0, 0.05) is 18.8 Å². The number of rotatable bonds is 5. The maximum Gasteiger partial charge on any atom is 0.0368 e. The summed E-state index contributed by atoms with van der Waals surface area (Å²) in [4.78, 5) is 2.50. The molecule has 2 heteroatoms. The van der Waals surface area contributed by atoms with Crippen LogP contribution in [0.1, 0.15) is 31.7 Å². The lowest BCUT2D eigenvalue weighted by atomic mass is 9.70. The van der Waals surface area contributed by atoms with E-state index in [0.717, 1.165) is 18.8 Å². The Morgan fingerprint density at radius 2 is 2.12 bits per heavy atom. The second-order valence-electron chi connectivity index (χ2n) is 5.36. The number of anilines is 1. The molecule has 0 aromatic heterocycles. The van der Waals surface area contributed by atoms with E-state index < -0.39 is 0 Å². The highest BCUT2D eigenvalue weighted by Crippen LogP contribution is 2.43. The Kier molecular flexibility index (Phi) is 4.03. The summed E-state index contributed by atoms with van der Waals surface area (Å²) in [5.41, 5.74) is 3.18. The van der Waals surface area contributed by atoms with Gasteiger partial charge in [-0.25, -0.2) is 0 Å². The minimum Gasteiger partial charge on any atom is -0.371 e. The zero-order chi connectivity index (χ0) is 12.3. The van der Waals surface area contributed by atoms with Gasteiger partial charge >= 0.3 is 0 Å². The third-order valence-corrected chi connectivity index (χ3v) is 4.70. The maximum absolute atomic E-state index is 4.55. The molecule has 0 aliphatic heterocycles. The van der Waals surface area contributed by atoms with Crippen LogP contribution < -0.4 is 4.90 Å². The third-order valence-electron chi connectivity index (χ3n) is 4.02. The van der Waals surface area contributed by atoms with E-state index in [4.69, 9.17) is 0 Å². The van der Waals surface area contributed by atoms with Gasteiger partial charge in [-0.2, -0.15) is 12.6 Å². The molecular formula is C15H23NS. The van der Waals surface area contributed by atoms with Crippen LogP contribution in [-0.4, -0.2) is 18.8 Å². The second-order valence-corrected chi connectivity index (χ2v) is 5.68. The van der Waals surface area contributed by atoms with Gasteiger partial charge in [0.25, 0.3) is 0 Å². The minimum atomic E-state index is 0.475. The van der Waals surface area contributed by atoms with Crippen molar-refractivity contribution >= 4 is 18.3 Å². The number of aryl methyl sites for hydroxylation is 1. The summed E-state index contributed by atoms with van der Waals surface area (Å²) in [6.07, 6.45) is 4.07. The highest BCUT2D eigenvalue weighted by atomic mass is 32.1. The largest absolute Gasteiger partial charge is 0.371 e. The van der Waals surface area contributed by atoms with E-state index in [0.29, 0.717) is 5.41 Å². The fraction of sp³-hybridized carbons (Fsp3) is 0.600. The van der Waals surface area contributed by atoms with Gasteiger partial charge in [0.05, 0.1) is 0 Å². The molecule has 0 spiro atoms. The molecule has 0 saturated heterocycles. The molecule has 1 fully saturated rings. The highest BCUT2D eigenvalue weighted by Gasteiger charge is 2.37. The Morgan fingerprint density at radius 3 is 2.59 bits per heavy atom. The van der Waals surface area contributed by atoms with Gasteiger partial charge in [0.1, 0.15) is 0 Å². The number of benzene rings is 1. The van der Waals surface area contributed by atoms with Crippen molar-refractivity contribution < 1.29 is 0 Å². The molecule has 0 heterocycles. The standard InChI is InChI=1S/C15H23NS/c1-3-16(11-15(12-17)8-5-9-15)14-7-4-6-13(2)10-14/h4,6-7,10,17H,3,5,8-9,11-12H2,1-2H3. The van der Waals surface area contributed by atoms with Gasteiger partial charge in [-0.1, -0.05) is 18.6 Å². The van der Waals surface area contributed by atoms with Crippen LogP contribution >= 0.6 is 12.6 Å². The zero-order valence-electron chi connectivity index (χ0n) is 10.9. The van der Waals surface area contributed by atoms with Crippen molar-refractivity contribution in [3.63, 3.8) is 0 Å². The third kappa shape index (κ3) is 2.79. The van der Waals surface area contributed by atoms with Gasteiger partial charge < -0.3 is 4.90 Å². The molecule has 0 atom stereocenters. The fourth-order valence-corrected chi connectivity index (χ4v) is 3.07. The summed E-state index contributed by atoms with van der Waals surface area (Å²) >= 11 is 4.55. The summed E-state index contributed by atoms with van der Waals surface area (Å²) in [5.74, 6) is 1.02. The first kappa shape index (κ1) is 12.8. The first-order valence-electron chi connectivity index (χ1n) is 6.61. The first-order chi connectivity index (χ1) is 8.19. The Bertz CT molecular complexity index is 365. The number of hydrogen-bond acceptors (Lipinski definition) is 2. The van der Waals surface area contributed by atoms with Crippen molar-refractivity contribution in [3.05, 3.63) is 29.8 Å². The van der Waals surface area contributed by atoms with E-state index >= 15 is 0 Å². The van der Waals surface area contributed by atoms with Crippen LogP contribution in [-0.2, 0) is 0 Å². The van der Waals surface area contributed by atoms with Gasteiger partial charge in [-0.15, -0.1) is 0 Å². The molecule has 0 bridgehead atoms. The van der Waals surface area contributed by atoms with Crippen molar-refractivity contribution in [1.29, 1.82) is 0 Å². The quantitative estimate of drug-likeness (QED) is 0.774. The lowest BCUT2D eigenvalue weighted by Gasteiger charge is -2.44. The molecule has 1 aromatic carbocycles. The Hall–Kier alpha value is -0.630. The van der Waals surface area contributed by atoms with Crippen molar-refractivity contribution in [2.24, 2.45) is 5.41 Å². The van der Waals surface area contributed by atoms with Crippen LogP contribution in [0.3, 0.4) is 0 Å². The molecule has 1 aliphatic rings. The van der Waals surface area contributed by atoms with E-state index in [1.54, 1.807) is 0 Å². The summed E-state index contributed by atoms with van der Waals surface area (Å²) in [7, 11) is 0. The average molecular weight is 249 g/mol. The smallest absolute Gasteiger partial charge is 0.0368 e. The number of thiol groups is 1. The minimum absolute atomic E-state index is 0.475. The summed E-state index contributed by atoms with van der Waals surface area (Å²) in [6.45, 7) is 6.65. The molecule has 1 aliphatic carbocycles. The monoisotopic (exact) mass is 249 g/mol. The van der Waals surface area contributed by atoms with E-state index in [1.807, 2.05) is 0 Å². The number of hydrogen-bond donors (Lipinski definition) is 1. The van der Waals surface area contributed by atoms with Gasteiger partial charge in [-0.3, -0.25) is 0 Å². The molecule has 1 aromatic rings. The van der Waals surface area contributed by atoms with Crippen LogP contribution in [0.25, 0.3) is 0 Å². The summed E-state index contributed by atoms with van der Waals surface area (Å²) in [6, 6.07) is 8.83. The molecular weight excluding hydrogens is 226 g/mol. The Balaban J connectivity index is 2.11. The van der Waals surface area contributed by atoms with E-state index in [1.165, 1.54) is 30.5 Å². The number of nitrogens with zero attached hydrogens (tertiary/aromatic N) is 1. The SMILES string of the molecule is CCN(CC1(CS)CCC1)c1cccc(C)c1. The molecule has 0 radical (unpaired) electrons. The Morgan fingerprint density at radius 1 is 1.35 bits per heavy atom. The van der Waals surface area contributed by atoms with E-state index in [9.17, 15) is 0 Å². The van der Waals surface area contributed by atoms with Crippen LogP contribution in [0, 0.1) is 12.3 Å². The fourth-order valence-electron chi connectivity index (χ4n) is 2.66. The molecule has 0 unspecified atom stereocenters. The van der Waals surface area contributed by atoms with E-state index in [2.05, 4.69) is 55.6 Å². The second kappa shape index (κ2) is 5.34. The van der Waals surface area contributed by atoms with Crippen molar-refractivity contribution in [3.8, 4) is 0 Å². The van der Waals surface area contributed by atoms with Crippen molar-refractivity contribution in [2.75, 3.05) is 23.7 Å². The molecule has 94 valence electrons. The summed E-state index contributed by atoms with van der Waals surface area (Å²) < 4.78 is 0. The van der Waals surface area contributed by atoms with Crippen LogP contribution in [0.5, 0.6) is 0 Å². The van der Waals surface area contributed by atoms with Crippen molar-refractivity contribution in [2.45, 2.75) is 33.1 Å². The molecule has 0 amide bonds. The van der Waals surface area contributed by atoms with E-state index in [-0.39, 0.29) is 0 Å². The topological polar surface area (TPSA) is 3.24 Å². The van der Waals surface area contributed by atoms with Crippen LogP contribution in [0.4, 0.5) is 5.69 Å². The van der Waals surface area contributed by atoms with Gasteiger partial charge in [-0.05, 0) is 55.6 Å². The lowest BCUT2D eigenvalue weighted by Crippen LogP contribution is -2.43. The predicted octanol–water partition coefficient (Wildman–Crippen LogP) is 3.92. The normalized spacial score (nSPS) is 17.6. The molecule has 1 nitrogen and oxygen atoms in total. The predicted molar refractivity (Wildman–Crippen MR) is 79.2 cm³/mol. The molecule has 1 saturated carbocycles. The molecule has 17 heavy (non-hydrogen) atoms. The average Bonchev–Trinajstić information content (AvgIpc) is 2.29. The maximum atomic E-state index is 4.55. The lowest BCUT2D eigenvalue weighted by molar-refractivity contribution is 0.176. The molecule has 2 rings (SSSR count). The van der Waals surface area contributed by atoms with Gasteiger partial charge in [0.15, 0.2) is 0 Å². The highest BCUT2D eigenvalue weighted by molar-refractivity contribution is 7.80.